The normalized spacial score (nSPS) is 40.2. The molecule has 0 aliphatic heterocycles. The summed E-state index contributed by atoms with van der Waals surface area (Å²) in [5, 5.41) is 0. The Labute approximate surface area is 97.5 Å². The Morgan fingerprint density at radius 3 is 2.38 bits per heavy atom. The van der Waals surface area contributed by atoms with Gasteiger partial charge in [-0.2, -0.15) is 0 Å². The third-order valence-electron chi connectivity index (χ3n) is 5.69. The van der Waals surface area contributed by atoms with Gasteiger partial charge in [0.25, 0.3) is 0 Å². The summed E-state index contributed by atoms with van der Waals surface area (Å²) in [5.41, 5.74) is 0.857. The van der Waals surface area contributed by atoms with Gasteiger partial charge in [0.15, 0.2) is 0 Å². The largest absolute Gasteiger partial charge is 0.241 e. The van der Waals surface area contributed by atoms with Crippen LogP contribution in [0.5, 0.6) is 0 Å². The van der Waals surface area contributed by atoms with E-state index in [4.69, 9.17) is 0 Å². The number of nitrogens with zero attached hydrogens (tertiary/aromatic N) is 2. The van der Waals surface area contributed by atoms with Gasteiger partial charge >= 0.3 is 0 Å². The Balaban J connectivity index is 2.02. The quantitative estimate of drug-likeness (QED) is 0.719. The van der Waals surface area contributed by atoms with Crippen LogP contribution in [0.1, 0.15) is 51.8 Å². The first-order valence-corrected chi connectivity index (χ1v) is 6.32. The van der Waals surface area contributed by atoms with E-state index in [2.05, 4.69) is 30.7 Å². The van der Waals surface area contributed by atoms with Crippen LogP contribution in [0.15, 0.2) is 18.5 Å². The summed E-state index contributed by atoms with van der Waals surface area (Å²) >= 11 is 0. The fourth-order valence-corrected chi connectivity index (χ4v) is 4.08. The van der Waals surface area contributed by atoms with Crippen LogP contribution in [0.4, 0.5) is 0 Å². The predicted octanol–water partition coefficient (Wildman–Crippen LogP) is 3.41. The lowest BCUT2D eigenvalue weighted by molar-refractivity contribution is 0.131. The summed E-state index contributed by atoms with van der Waals surface area (Å²) in [6.45, 7) is 7.32. The molecule has 0 N–H and O–H groups in total. The van der Waals surface area contributed by atoms with Gasteiger partial charge in [-0.05, 0) is 42.1 Å². The number of aromatic nitrogens is 2. The van der Waals surface area contributed by atoms with Crippen molar-refractivity contribution in [1.82, 2.24) is 9.97 Å². The average molecular weight is 216 g/mol. The second kappa shape index (κ2) is 3.06. The highest BCUT2D eigenvalue weighted by molar-refractivity contribution is 5.19. The van der Waals surface area contributed by atoms with Crippen molar-refractivity contribution in [2.45, 2.75) is 46.0 Å². The van der Waals surface area contributed by atoms with Gasteiger partial charge in [-0.1, -0.05) is 20.8 Å². The molecule has 3 unspecified atom stereocenters. The molecular formula is C14H20N2. The van der Waals surface area contributed by atoms with Crippen molar-refractivity contribution in [3.63, 3.8) is 0 Å². The van der Waals surface area contributed by atoms with Crippen LogP contribution in [-0.4, -0.2) is 9.97 Å². The van der Waals surface area contributed by atoms with Crippen molar-refractivity contribution in [3.05, 3.63) is 24.3 Å². The van der Waals surface area contributed by atoms with E-state index in [-0.39, 0.29) is 0 Å². The molecule has 0 amide bonds. The highest BCUT2D eigenvalue weighted by Crippen LogP contribution is 2.70. The van der Waals surface area contributed by atoms with Gasteiger partial charge in [0.2, 0.25) is 0 Å². The van der Waals surface area contributed by atoms with Crippen molar-refractivity contribution in [3.8, 4) is 0 Å². The zero-order chi connectivity index (χ0) is 11.4. The minimum Gasteiger partial charge on any atom is -0.241 e. The maximum absolute atomic E-state index is 4.48. The first kappa shape index (κ1) is 10.2. The van der Waals surface area contributed by atoms with Gasteiger partial charge in [-0.3, -0.25) is 0 Å². The molecule has 2 aliphatic carbocycles. The fourth-order valence-electron chi connectivity index (χ4n) is 4.08. The van der Waals surface area contributed by atoms with Gasteiger partial charge < -0.3 is 0 Å². The van der Waals surface area contributed by atoms with Crippen LogP contribution in [0.25, 0.3) is 0 Å². The molecule has 2 aliphatic rings. The predicted molar refractivity (Wildman–Crippen MR) is 64.0 cm³/mol. The minimum absolute atomic E-state index is 0.402. The summed E-state index contributed by atoms with van der Waals surface area (Å²) in [7, 11) is 0. The number of fused-ring (bicyclic) bond motifs is 2. The maximum atomic E-state index is 4.48. The van der Waals surface area contributed by atoms with Gasteiger partial charge in [0, 0.05) is 18.3 Å². The Kier molecular flexibility index (Phi) is 1.96. The Bertz CT molecular complexity index is 398. The van der Waals surface area contributed by atoms with Gasteiger partial charge in [0.05, 0.1) is 0 Å². The SMILES string of the molecule is CC1(C)C2CCC1(C)C(c1ncccn1)C2. The highest BCUT2D eigenvalue weighted by Gasteiger charge is 2.62. The van der Waals surface area contributed by atoms with Crippen molar-refractivity contribution >= 4 is 0 Å². The van der Waals surface area contributed by atoms with Crippen LogP contribution in [0, 0.1) is 16.7 Å². The Hall–Kier alpha value is -0.920. The number of hydrogen-bond donors (Lipinski definition) is 0. The molecule has 16 heavy (non-hydrogen) atoms. The molecule has 2 saturated carbocycles. The fraction of sp³-hybridized carbons (Fsp3) is 0.714. The molecule has 3 atom stereocenters. The van der Waals surface area contributed by atoms with E-state index in [1.807, 2.05) is 18.5 Å². The standard InChI is InChI=1S/C14H20N2/c1-13(2)10-5-6-14(13,3)11(9-10)12-15-7-4-8-16-12/h4,7-8,10-11H,5-6,9H2,1-3H3. The first-order chi connectivity index (χ1) is 7.56. The average Bonchev–Trinajstić information content (AvgIpc) is 2.62. The third kappa shape index (κ3) is 1.08. The third-order valence-corrected chi connectivity index (χ3v) is 5.69. The van der Waals surface area contributed by atoms with Crippen LogP contribution in [-0.2, 0) is 0 Å². The van der Waals surface area contributed by atoms with Gasteiger partial charge in [-0.15, -0.1) is 0 Å². The van der Waals surface area contributed by atoms with Crippen LogP contribution in [0.3, 0.4) is 0 Å². The zero-order valence-corrected chi connectivity index (χ0v) is 10.4. The molecule has 3 rings (SSSR count). The summed E-state index contributed by atoms with van der Waals surface area (Å²) in [6, 6.07) is 1.91. The lowest BCUT2D eigenvalue weighted by atomic mass is 9.66. The first-order valence-electron chi connectivity index (χ1n) is 6.32. The summed E-state index contributed by atoms with van der Waals surface area (Å²) < 4.78 is 0. The highest BCUT2D eigenvalue weighted by atomic mass is 14.9. The van der Waals surface area contributed by atoms with E-state index >= 15 is 0 Å². The Morgan fingerprint density at radius 1 is 1.19 bits per heavy atom. The molecule has 86 valence electrons. The zero-order valence-electron chi connectivity index (χ0n) is 10.4. The second-order valence-corrected chi connectivity index (χ2v) is 6.27. The molecule has 1 aromatic heterocycles. The lowest BCUT2D eigenvalue weighted by Crippen LogP contribution is -2.31. The van der Waals surface area contributed by atoms with E-state index in [0.29, 0.717) is 16.7 Å². The molecule has 0 radical (unpaired) electrons. The molecule has 1 aromatic rings. The molecule has 2 fully saturated rings. The maximum Gasteiger partial charge on any atom is 0.131 e. The van der Waals surface area contributed by atoms with Gasteiger partial charge in [0.1, 0.15) is 5.82 Å². The minimum atomic E-state index is 0.402. The van der Waals surface area contributed by atoms with Crippen molar-refractivity contribution in [2.24, 2.45) is 16.7 Å². The molecule has 1 heterocycles. The van der Waals surface area contributed by atoms with E-state index in [0.717, 1.165) is 11.7 Å². The van der Waals surface area contributed by atoms with E-state index < -0.39 is 0 Å². The molecular weight excluding hydrogens is 196 g/mol. The van der Waals surface area contributed by atoms with Crippen LogP contribution < -0.4 is 0 Å². The molecule has 2 nitrogen and oxygen atoms in total. The lowest BCUT2D eigenvalue weighted by Gasteiger charge is -2.38. The smallest absolute Gasteiger partial charge is 0.131 e. The molecule has 2 heteroatoms. The van der Waals surface area contributed by atoms with E-state index in [1.54, 1.807) is 0 Å². The molecule has 0 saturated heterocycles. The molecule has 2 bridgehead atoms. The summed E-state index contributed by atoms with van der Waals surface area (Å²) in [4.78, 5) is 8.96. The van der Waals surface area contributed by atoms with Gasteiger partial charge in [-0.25, -0.2) is 9.97 Å². The van der Waals surface area contributed by atoms with Crippen molar-refractivity contribution < 1.29 is 0 Å². The van der Waals surface area contributed by atoms with Crippen LogP contribution in [0.2, 0.25) is 0 Å². The van der Waals surface area contributed by atoms with Crippen molar-refractivity contribution in [1.29, 1.82) is 0 Å². The summed E-state index contributed by atoms with van der Waals surface area (Å²) in [6.07, 6.45) is 7.78. The molecule has 0 spiro atoms. The topological polar surface area (TPSA) is 25.8 Å². The number of hydrogen-bond acceptors (Lipinski definition) is 2. The second-order valence-electron chi connectivity index (χ2n) is 6.27. The van der Waals surface area contributed by atoms with Crippen LogP contribution >= 0.6 is 0 Å². The van der Waals surface area contributed by atoms with E-state index in [9.17, 15) is 0 Å². The number of rotatable bonds is 1. The molecule has 0 aromatic carbocycles. The monoisotopic (exact) mass is 216 g/mol. The Morgan fingerprint density at radius 2 is 1.88 bits per heavy atom. The van der Waals surface area contributed by atoms with E-state index in [1.165, 1.54) is 19.3 Å². The summed E-state index contributed by atoms with van der Waals surface area (Å²) in [5.74, 6) is 2.51. The van der Waals surface area contributed by atoms with Crippen molar-refractivity contribution in [2.75, 3.05) is 0 Å².